The van der Waals surface area contributed by atoms with Gasteiger partial charge in [-0.3, -0.25) is 0 Å². The topological polar surface area (TPSA) is 21.4 Å². The van der Waals surface area contributed by atoms with E-state index in [1.54, 1.807) is 0 Å². The quantitative estimate of drug-likeness (QED) is 0.183. The molecular formula is C50H33BN3. The Morgan fingerprint density at radius 1 is 0.463 bits per heavy atom. The summed E-state index contributed by atoms with van der Waals surface area (Å²) in [5.41, 5.74) is 19.4. The Morgan fingerprint density at radius 3 is 1.91 bits per heavy atom. The fraction of sp³-hybridized carbons (Fsp3) is 0.0400. The van der Waals surface area contributed by atoms with Gasteiger partial charge in [-0.05, 0) is 83.5 Å². The molecule has 0 spiro atoms. The molecule has 0 amide bonds. The monoisotopic (exact) mass is 686 g/mol. The Kier molecular flexibility index (Phi) is 6.00. The van der Waals surface area contributed by atoms with E-state index in [2.05, 4.69) is 193 Å². The van der Waals surface area contributed by atoms with Gasteiger partial charge in [-0.25, -0.2) is 0 Å². The number of aryl methyl sites for hydroxylation is 2. The number of nitrogens with one attached hydrogen (secondary N) is 1. The average molecular weight is 687 g/mol. The molecule has 4 heteroatoms. The van der Waals surface area contributed by atoms with Gasteiger partial charge in [-0.1, -0.05) is 127 Å². The van der Waals surface area contributed by atoms with E-state index in [1.807, 2.05) is 0 Å². The second-order valence-corrected chi connectivity index (χ2v) is 14.9. The summed E-state index contributed by atoms with van der Waals surface area (Å²) in [4.78, 5) is 0. The van der Waals surface area contributed by atoms with E-state index >= 15 is 0 Å². The molecule has 1 aliphatic rings. The SMILES string of the molecule is Cc1ccccc1Nc1ccc2c3cccc4c5ccccc5n(c2c1-c1cc(-c2ccccc2C)cc2c1[B]c1cccc5c6ccccc6n-2c15)c43. The predicted molar refractivity (Wildman–Crippen MR) is 231 cm³/mol. The van der Waals surface area contributed by atoms with Gasteiger partial charge in [-0.2, -0.15) is 0 Å². The van der Waals surface area contributed by atoms with Crippen LogP contribution in [-0.4, -0.2) is 16.2 Å². The van der Waals surface area contributed by atoms with Crippen LogP contribution in [0.2, 0.25) is 0 Å². The maximum Gasteiger partial charge on any atom is 0.197 e. The van der Waals surface area contributed by atoms with Gasteiger partial charge >= 0.3 is 0 Å². The van der Waals surface area contributed by atoms with E-state index in [1.165, 1.54) is 110 Å². The normalized spacial score (nSPS) is 12.4. The summed E-state index contributed by atoms with van der Waals surface area (Å²) in [5.74, 6) is 0. The van der Waals surface area contributed by atoms with Gasteiger partial charge in [0.2, 0.25) is 0 Å². The third-order valence-corrected chi connectivity index (χ3v) is 12.0. The first-order valence-corrected chi connectivity index (χ1v) is 18.8. The number of aromatic nitrogens is 2. The van der Waals surface area contributed by atoms with Crippen molar-refractivity contribution in [3.63, 3.8) is 0 Å². The first-order chi connectivity index (χ1) is 26.6. The fourth-order valence-electron chi connectivity index (χ4n) is 9.55. The van der Waals surface area contributed by atoms with Crippen molar-refractivity contribution in [2.24, 2.45) is 0 Å². The number of rotatable bonds is 4. The number of para-hydroxylation sites is 5. The van der Waals surface area contributed by atoms with Crippen LogP contribution in [0.15, 0.2) is 158 Å². The maximum absolute atomic E-state index is 3.97. The molecule has 4 heterocycles. The number of nitrogens with zero attached hydrogens (tertiary/aromatic N) is 2. The zero-order valence-corrected chi connectivity index (χ0v) is 30.0. The van der Waals surface area contributed by atoms with Gasteiger partial charge in [0.1, 0.15) is 0 Å². The van der Waals surface area contributed by atoms with Crippen molar-refractivity contribution in [2.45, 2.75) is 13.8 Å². The van der Waals surface area contributed by atoms with Gasteiger partial charge < -0.3 is 14.3 Å². The lowest BCUT2D eigenvalue weighted by Crippen LogP contribution is -2.37. The number of hydrogen-bond acceptors (Lipinski definition) is 1. The predicted octanol–water partition coefficient (Wildman–Crippen LogP) is 11.6. The van der Waals surface area contributed by atoms with Crippen LogP contribution < -0.4 is 16.2 Å². The lowest BCUT2D eigenvalue weighted by molar-refractivity contribution is 1.19. The first kappa shape index (κ1) is 29.8. The van der Waals surface area contributed by atoms with Crippen molar-refractivity contribution in [1.29, 1.82) is 0 Å². The average Bonchev–Trinajstić information content (AvgIpc) is 3.85. The summed E-state index contributed by atoms with van der Waals surface area (Å²) in [7, 11) is 2.44. The van der Waals surface area contributed by atoms with E-state index < -0.39 is 0 Å². The van der Waals surface area contributed by atoms with Crippen molar-refractivity contribution in [2.75, 3.05) is 5.32 Å². The Hall–Kier alpha value is -6.78. The molecule has 1 radical (unpaired) electrons. The zero-order chi connectivity index (χ0) is 35.7. The molecule has 1 N–H and O–H groups in total. The summed E-state index contributed by atoms with van der Waals surface area (Å²) >= 11 is 0. The molecule has 3 aromatic heterocycles. The summed E-state index contributed by atoms with van der Waals surface area (Å²) in [6, 6.07) is 58.2. The van der Waals surface area contributed by atoms with E-state index in [0.29, 0.717) is 0 Å². The van der Waals surface area contributed by atoms with E-state index in [0.717, 1.165) is 11.4 Å². The van der Waals surface area contributed by atoms with E-state index in [-0.39, 0.29) is 0 Å². The molecule has 1 aliphatic heterocycles. The molecule has 12 rings (SSSR count). The highest BCUT2D eigenvalue weighted by Crippen LogP contribution is 2.47. The summed E-state index contributed by atoms with van der Waals surface area (Å²) < 4.78 is 5.07. The van der Waals surface area contributed by atoms with Crippen LogP contribution in [0.5, 0.6) is 0 Å². The molecule has 0 aliphatic carbocycles. The van der Waals surface area contributed by atoms with Gasteiger partial charge in [0.25, 0.3) is 0 Å². The molecule has 54 heavy (non-hydrogen) atoms. The lowest BCUT2D eigenvalue weighted by Gasteiger charge is -2.26. The van der Waals surface area contributed by atoms with Gasteiger partial charge in [-0.15, -0.1) is 0 Å². The molecule has 251 valence electrons. The van der Waals surface area contributed by atoms with Crippen LogP contribution >= 0.6 is 0 Å². The van der Waals surface area contributed by atoms with E-state index in [4.69, 9.17) is 0 Å². The molecule has 0 bridgehead atoms. The van der Waals surface area contributed by atoms with Crippen LogP contribution in [0.3, 0.4) is 0 Å². The highest BCUT2D eigenvalue weighted by molar-refractivity contribution is 6.73. The van der Waals surface area contributed by atoms with Crippen LogP contribution in [0.1, 0.15) is 11.1 Å². The second-order valence-electron chi connectivity index (χ2n) is 14.9. The van der Waals surface area contributed by atoms with E-state index in [9.17, 15) is 0 Å². The van der Waals surface area contributed by atoms with Crippen molar-refractivity contribution in [3.05, 3.63) is 169 Å². The molecule has 0 saturated carbocycles. The molecular weight excluding hydrogens is 653 g/mol. The second kappa shape index (κ2) is 10.9. The zero-order valence-electron chi connectivity index (χ0n) is 30.0. The van der Waals surface area contributed by atoms with Crippen LogP contribution in [0, 0.1) is 13.8 Å². The van der Waals surface area contributed by atoms with Gasteiger partial charge in [0, 0.05) is 60.5 Å². The summed E-state index contributed by atoms with van der Waals surface area (Å²) in [5, 5.41) is 11.6. The Labute approximate surface area is 313 Å². The molecule has 0 fully saturated rings. The third kappa shape index (κ3) is 3.92. The van der Waals surface area contributed by atoms with Crippen LogP contribution in [0.4, 0.5) is 11.4 Å². The Morgan fingerprint density at radius 2 is 1.09 bits per heavy atom. The van der Waals surface area contributed by atoms with Crippen LogP contribution in [0.25, 0.3) is 87.8 Å². The molecule has 0 unspecified atom stereocenters. The summed E-state index contributed by atoms with van der Waals surface area (Å²) in [6.07, 6.45) is 0. The maximum atomic E-state index is 3.97. The van der Waals surface area contributed by atoms with Gasteiger partial charge in [0.05, 0.1) is 22.1 Å². The lowest BCUT2D eigenvalue weighted by atomic mass is 9.58. The standard InChI is InChI=1S/C50H33BN3/c1-29-13-3-5-15-32(29)31-27-39(47-45(28-31)53-43-23-9-6-17-34(43)36-20-12-21-40(51-47)49(36)53)46-42(52-41-22-8-4-14-30(41)2)26-25-38-37-19-11-18-35-33-16-7-10-24-44(33)54(48(35)37)50(38)46/h3-28,52H,1-2H3. The molecule has 0 saturated heterocycles. The van der Waals surface area contributed by atoms with Gasteiger partial charge in [0.15, 0.2) is 7.28 Å². The number of fused-ring (bicyclic) bond motifs is 11. The smallest absolute Gasteiger partial charge is 0.197 e. The van der Waals surface area contributed by atoms with Crippen molar-refractivity contribution in [1.82, 2.24) is 8.97 Å². The minimum absolute atomic E-state index is 1.08. The Bertz CT molecular complexity index is 3360. The molecule has 3 nitrogen and oxygen atoms in total. The minimum Gasteiger partial charge on any atom is -0.355 e. The highest BCUT2D eigenvalue weighted by Gasteiger charge is 2.29. The first-order valence-electron chi connectivity index (χ1n) is 18.8. The molecule has 0 atom stereocenters. The third-order valence-electron chi connectivity index (χ3n) is 12.0. The summed E-state index contributed by atoms with van der Waals surface area (Å²) in [6.45, 7) is 4.41. The van der Waals surface area contributed by atoms with Crippen LogP contribution in [-0.2, 0) is 0 Å². The fourth-order valence-corrected chi connectivity index (χ4v) is 9.55. The van der Waals surface area contributed by atoms with Crippen molar-refractivity contribution >= 4 is 89.5 Å². The Balaban J connectivity index is 1.29. The van der Waals surface area contributed by atoms with Crippen molar-refractivity contribution in [3.8, 4) is 27.9 Å². The largest absolute Gasteiger partial charge is 0.355 e. The minimum atomic E-state index is 1.08. The molecule has 8 aromatic carbocycles. The number of hydrogen-bond donors (Lipinski definition) is 1. The van der Waals surface area contributed by atoms with Crippen molar-refractivity contribution < 1.29 is 0 Å². The number of benzene rings is 8. The molecule has 11 aromatic rings. The number of anilines is 2. The highest BCUT2D eigenvalue weighted by atomic mass is 15.0.